The summed E-state index contributed by atoms with van der Waals surface area (Å²) in [6.07, 6.45) is 3.92. The monoisotopic (exact) mass is 356 g/mol. The van der Waals surface area contributed by atoms with Gasteiger partial charge in [0.1, 0.15) is 0 Å². The molecule has 0 spiro atoms. The summed E-state index contributed by atoms with van der Waals surface area (Å²) in [5.74, 6) is 0. The molecule has 0 bridgehead atoms. The Labute approximate surface area is 121 Å². The van der Waals surface area contributed by atoms with Crippen LogP contribution in [0.5, 0.6) is 0 Å². The van der Waals surface area contributed by atoms with E-state index < -0.39 is 0 Å². The Bertz CT molecular complexity index is 536. The molecule has 1 unspecified atom stereocenters. The number of hydrogen-bond acceptors (Lipinski definition) is 3. The lowest BCUT2D eigenvalue weighted by molar-refractivity contribution is 0.619. The first-order valence-electron chi connectivity index (χ1n) is 6.06. The molecule has 2 N–H and O–H groups in total. The normalized spacial score (nSPS) is 12.7. The van der Waals surface area contributed by atoms with Gasteiger partial charge >= 0.3 is 0 Å². The number of nitrogens with zero attached hydrogens (tertiary/aromatic N) is 3. The van der Waals surface area contributed by atoms with E-state index >= 15 is 0 Å². The molecule has 0 aliphatic heterocycles. The zero-order valence-corrected chi connectivity index (χ0v) is 12.8. The molecule has 4 nitrogen and oxygen atoms in total. The summed E-state index contributed by atoms with van der Waals surface area (Å²) in [4.78, 5) is 0. The molecule has 1 aromatic heterocycles. The van der Waals surface area contributed by atoms with Crippen molar-refractivity contribution in [1.29, 1.82) is 0 Å². The summed E-state index contributed by atoms with van der Waals surface area (Å²) in [5.41, 5.74) is 9.14. The Balaban J connectivity index is 2.32. The van der Waals surface area contributed by atoms with Crippen LogP contribution >= 0.6 is 22.6 Å². The fraction of sp³-hybridized carbons (Fsp3) is 0.385. The number of nitrogens with two attached hydrogens (primary N) is 1. The largest absolute Gasteiger partial charge is 0.323 e. The maximum Gasteiger partial charge on any atom is 0.0998 e. The van der Waals surface area contributed by atoms with Crippen molar-refractivity contribution in [2.75, 3.05) is 0 Å². The number of rotatable bonds is 4. The van der Waals surface area contributed by atoms with Crippen molar-refractivity contribution in [2.45, 2.75) is 32.7 Å². The maximum absolute atomic E-state index is 6.05. The predicted molar refractivity (Wildman–Crippen MR) is 80.6 cm³/mol. The van der Waals surface area contributed by atoms with Crippen LogP contribution in [0.1, 0.15) is 37.1 Å². The maximum atomic E-state index is 6.05. The molecule has 0 saturated heterocycles. The van der Waals surface area contributed by atoms with Gasteiger partial charge in [-0.2, -0.15) is 0 Å². The summed E-state index contributed by atoms with van der Waals surface area (Å²) in [7, 11) is 0. The Morgan fingerprint density at radius 2 is 2.22 bits per heavy atom. The molecule has 18 heavy (non-hydrogen) atoms. The number of benzene rings is 1. The molecule has 0 radical (unpaired) electrons. The predicted octanol–water partition coefficient (Wildman–Crippen LogP) is 2.98. The lowest BCUT2D eigenvalue weighted by atomic mass is 10.1. The van der Waals surface area contributed by atoms with Gasteiger partial charge in [-0.1, -0.05) is 24.6 Å². The summed E-state index contributed by atoms with van der Waals surface area (Å²) >= 11 is 2.30. The first-order valence-corrected chi connectivity index (χ1v) is 7.14. The van der Waals surface area contributed by atoms with E-state index in [1.54, 1.807) is 0 Å². The topological polar surface area (TPSA) is 56.7 Å². The fourth-order valence-corrected chi connectivity index (χ4v) is 2.33. The van der Waals surface area contributed by atoms with Crippen LogP contribution in [0.2, 0.25) is 0 Å². The second-order valence-electron chi connectivity index (χ2n) is 4.41. The summed E-state index contributed by atoms with van der Waals surface area (Å²) in [6, 6.07) is 6.25. The summed E-state index contributed by atoms with van der Waals surface area (Å²) in [5, 5.41) is 8.34. The molecule has 2 rings (SSSR count). The lowest BCUT2D eigenvalue weighted by Gasteiger charge is -2.06. The average molecular weight is 356 g/mol. The lowest BCUT2D eigenvalue weighted by Crippen LogP contribution is -2.10. The minimum absolute atomic E-state index is 0.0214. The van der Waals surface area contributed by atoms with E-state index in [4.69, 9.17) is 5.73 Å². The van der Waals surface area contributed by atoms with E-state index in [2.05, 4.69) is 64.9 Å². The second kappa shape index (κ2) is 5.79. The van der Waals surface area contributed by atoms with Crippen LogP contribution < -0.4 is 5.73 Å². The molecule has 0 amide bonds. The fourth-order valence-electron chi connectivity index (χ4n) is 1.85. The smallest absolute Gasteiger partial charge is 0.0998 e. The number of aromatic nitrogens is 3. The van der Waals surface area contributed by atoms with Gasteiger partial charge in [0.05, 0.1) is 23.6 Å². The molecule has 1 aromatic carbocycles. The van der Waals surface area contributed by atoms with Crippen LogP contribution in [0, 0.1) is 10.5 Å². The summed E-state index contributed by atoms with van der Waals surface area (Å²) in [6.45, 7) is 4.19. The minimum Gasteiger partial charge on any atom is -0.323 e. The van der Waals surface area contributed by atoms with E-state index in [0.717, 1.165) is 24.2 Å². The molecular weight excluding hydrogens is 339 g/mol. The van der Waals surface area contributed by atoms with Crippen molar-refractivity contribution in [3.05, 3.63) is 39.2 Å². The first-order chi connectivity index (χ1) is 8.61. The van der Waals surface area contributed by atoms with E-state index in [-0.39, 0.29) is 6.04 Å². The van der Waals surface area contributed by atoms with E-state index in [1.165, 1.54) is 9.13 Å². The van der Waals surface area contributed by atoms with Crippen molar-refractivity contribution in [2.24, 2.45) is 5.73 Å². The van der Waals surface area contributed by atoms with Gasteiger partial charge in [-0.05, 0) is 53.6 Å². The second-order valence-corrected chi connectivity index (χ2v) is 5.66. The number of halogens is 1. The minimum atomic E-state index is -0.0214. The van der Waals surface area contributed by atoms with Crippen LogP contribution in [0.4, 0.5) is 0 Å². The van der Waals surface area contributed by atoms with Gasteiger partial charge in [-0.25, -0.2) is 4.68 Å². The third kappa shape index (κ3) is 2.89. The van der Waals surface area contributed by atoms with Gasteiger partial charge in [-0.3, -0.25) is 0 Å². The van der Waals surface area contributed by atoms with Crippen LogP contribution in [-0.4, -0.2) is 15.0 Å². The highest BCUT2D eigenvalue weighted by Gasteiger charge is 2.11. The van der Waals surface area contributed by atoms with E-state index in [0.29, 0.717) is 0 Å². The van der Waals surface area contributed by atoms with Crippen LogP contribution in [0.3, 0.4) is 0 Å². The molecule has 1 atom stereocenters. The van der Waals surface area contributed by atoms with E-state index in [1.807, 2.05) is 10.9 Å². The van der Waals surface area contributed by atoms with Gasteiger partial charge in [-0.15, -0.1) is 5.10 Å². The van der Waals surface area contributed by atoms with Crippen LogP contribution in [0.15, 0.2) is 24.4 Å². The third-order valence-corrected chi connectivity index (χ3v) is 3.58. The van der Waals surface area contributed by atoms with Crippen molar-refractivity contribution in [1.82, 2.24) is 15.0 Å². The number of hydrogen-bond donors (Lipinski definition) is 1. The van der Waals surface area contributed by atoms with Gasteiger partial charge in [0.2, 0.25) is 0 Å². The number of aryl methyl sites for hydroxylation is 1. The Morgan fingerprint density at radius 1 is 1.44 bits per heavy atom. The highest BCUT2D eigenvalue weighted by Crippen LogP contribution is 2.19. The Kier molecular flexibility index (Phi) is 4.34. The van der Waals surface area contributed by atoms with Gasteiger partial charge < -0.3 is 5.73 Å². The molecule has 5 heteroatoms. The average Bonchev–Trinajstić information content (AvgIpc) is 2.82. The van der Waals surface area contributed by atoms with E-state index in [9.17, 15) is 0 Å². The zero-order valence-electron chi connectivity index (χ0n) is 10.6. The van der Waals surface area contributed by atoms with Crippen molar-refractivity contribution < 1.29 is 0 Å². The SMILES string of the molecule is CCCC(N)c1cn(-c2cc(I)ccc2C)nn1. The van der Waals surface area contributed by atoms with Crippen molar-refractivity contribution in [3.63, 3.8) is 0 Å². The Morgan fingerprint density at radius 3 is 2.94 bits per heavy atom. The molecule has 96 valence electrons. The molecule has 0 fully saturated rings. The standard InChI is InChI=1S/C13H17IN4/c1-3-4-11(15)12-8-18(17-16-12)13-7-10(14)6-5-9(13)2/h5-8,11H,3-4,15H2,1-2H3. The molecule has 0 saturated carbocycles. The van der Waals surface area contributed by atoms with Crippen molar-refractivity contribution >= 4 is 22.6 Å². The summed E-state index contributed by atoms with van der Waals surface area (Å²) < 4.78 is 2.99. The van der Waals surface area contributed by atoms with Gasteiger partial charge in [0.15, 0.2) is 0 Å². The first kappa shape index (κ1) is 13.5. The molecule has 0 aliphatic rings. The van der Waals surface area contributed by atoms with Crippen LogP contribution in [-0.2, 0) is 0 Å². The highest BCUT2D eigenvalue weighted by molar-refractivity contribution is 14.1. The van der Waals surface area contributed by atoms with Crippen molar-refractivity contribution in [3.8, 4) is 5.69 Å². The Hall–Kier alpha value is -0.950. The van der Waals surface area contributed by atoms with Crippen LogP contribution in [0.25, 0.3) is 5.69 Å². The zero-order chi connectivity index (χ0) is 13.1. The van der Waals surface area contributed by atoms with Gasteiger partial charge in [0.25, 0.3) is 0 Å². The van der Waals surface area contributed by atoms with Gasteiger partial charge in [0, 0.05) is 3.57 Å². The molecule has 1 heterocycles. The molecule has 0 aliphatic carbocycles. The highest BCUT2D eigenvalue weighted by atomic mass is 127. The third-order valence-electron chi connectivity index (χ3n) is 2.91. The molecule has 2 aromatic rings. The molecular formula is C13H17IN4. The quantitative estimate of drug-likeness (QED) is 0.857.